The number of ether oxygens (including phenoxy) is 1. The van der Waals surface area contributed by atoms with Gasteiger partial charge in [0.2, 0.25) is 16.9 Å². The number of thioether (sulfide) groups is 2. The van der Waals surface area contributed by atoms with E-state index in [1.807, 2.05) is 6.26 Å². The van der Waals surface area contributed by atoms with Gasteiger partial charge < -0.3 is 50.9 Å². The van der Waals surface area contributed by atoms with Crippen LogP contribution in [-0.2, 0) is 50.7 Å². The number of hydrogen-bond acceptors (Lipinski definition) is 19. The molecule has 55 heavy (non-hydrogen) atoms. The number of nitrogens with one attached hydrogen (secondary N) is 2. The number of nitrogens with two attached hydrogens (primary N) is 1. The van der Waals surface area contributed by atoms with Crippen LogP contribution in [0.3, 0.4) is 0 Å². The van der Waals surface area contributed by atoms with Gasteiger partial charge in [0.15, 0.2) is 17.7 Å². The van der Waals surface area contributed by atoms with Crippen molar-refractivity contribution >= 4 is 80.9 Å². The number of aromatic nitrogens is 4. The second kappa shape index (κ2) is 20.4. The quantitative estimate of drug-likeness (QED) is 0.0412. The number of fused-ring (bicyclic) bond motifs is 1. The number of aliphatic hydroxyl groups is 2. The molecule has 2 aromatic heterocycles. The molecule has 0 bridgehead atoms. The van der Waals surface area contributed by atoms with E-state index in [2.05, 4.69) is 34.4 Å². The van der Waals surface area contributed by atoms with Gasteiger partial charge in [-0.1, -0.05) is 31.7 Å². The summed E-state index contributed by atoms with van der Waals surface area (Å²) in [5.74, 6) is -0.431. The van der Waals surface area contributed by atoms with E-state index in [1.165, 1.54) is 19.9 Å². The lowest BCUT2D eigenvalue weighted by Gasteiger charge is -2.30. The van der Waals surface area contributed by atoms with Crippen LogP contribution in [-0.4, -0.2) is 135 Å². The highest BCUT2D eigenvalue weighted by Crippen LogP contribution is 2.61. The predicted molar refractivity (Wildman–Crippen MR) is 195 cm³/mol. The third-order valence-electron chi connectivity index (χ3n) is 7.26. The Morgan fingerprint density at radius 2 is 1.78 bits per heavy atom. The summed E-state index contributed by atoms with van der Waals surface area (Å²) in [4.78, 5) is 87.1. The van der Waals surface area contributed by atoms with Crippen molar-refractivity contribution in [2.75, 3.05) is 49.8 Å². The molecule has 0 spiro atoms. The molecule has 2 aromatic rings. The van der Waals surface area contributed by atoms with E-state index in [-0.39, 0.29) is 41.6 Å². The summed E-state index contributed by atoms with van der Waals surface area (Å²) in [5.41, 5.74) is 4.26. The van der Waals surface area contributed by atoms with Crippen molar-refractivity contribution in [2.45, 2.75) is 50.9 Å². The molecule has 310 valence electrons. The van der Waals surface area contributed by atoms with E-state index < -0.39 is 84.6 Å². The monoisotopic (exact) mass is 881 g/mol. The number of carbonyl (C=O) groups excluding carboxylic acids is 3. The smallest absolute Gasteiger partial charge is 0.386 e. The predicted octanol–water partition coefficient (Wildman–Crippen LogP) is -0.416. The lowest BCUT2D eigenvalue weighted by atomic mass is 9.87. The van der Waals surface area contributed by atoms with Gasteiger partial charge in [-0.15, -0.1) is 0 Å². The van der Waals surface area contributed by atoms with Gasteiger partial charge in [0, 0.05) is 36.4 Å². The zero-order valence-electron chi connectivity index (χ0n) is 29.3. The number of carbonyl (C=O) groups is 3. The van der Waals surface area contributed by atoms with Crippen LogP contribution < -0.4 is 16.4 Å². The van der Waals surface area contributed by atoms with Gasteiger partial charge in [0.25, 0.3) is 0 Å². The van der Waals surface area contributed by atoms with Crippen LogP contribution >= 0.6 is 47.0 Å². The SMILES string of the molecule is CSCC=CC(=O)SCCNC(=O)CCNC(=O)[C@H](O)C(C)(C)COP(=O)(O)OP(=O)(O)OC[C@H]1O[C@@H](n2cnc3c(N)ncnc32)[C@H](O)[C@@H]1OP(=O)(O)O. The van der Waals surface area contributed by atoms with Gasteiger partial charge in [-0.3, -0.25) is 32.5 Å². The summed E-state index contributed by atoms with van der Waals surface area (Å²) in [6.07, 6.45) is -1.84. The molecular weight excluding hydrogens is 839 g/mol. The standard InChI is InChI=1S/C26H42N7O17P3S2/c1-26(2,21(37)24(38)29-7-6-16(34)28-8-10-55-17(35)5-4-9-54-3)12-47-53(44,45)50-52(42,43)46-11-15-20(49-51(39,40)41)19(36)25(48-15)33-14-32-18-22(27)30-13-31-23(18)33/h4-5,13-15,19-21,25,36-37H,6-12H2,1-3H3,(H,28,34)(H,29,38)(H,42,43)(H,44,45)(H2,27,30,31)(H2,39,40,41)/t15-,19-,20-,21+,25-/m1/s1. The maximum Gasteiger partial charge on any atom is 0.481 e. The Labute approximate surface area is 321 Å². The minimum absolute atomic E-state index is 0.0301. The summed E-state index contributed by atoms with van der Waals surface area (Å²) in [6, 6.07) is 0. The maximum absolute atomic E-state index is 12.7. The molecular formula is C26H42N7O17P3S2. The Morgan fingerprint density at radius 3 is 2.45 bits per heavy atom. The second-order valence-corrected chi connectivity index (χ2v) is 18.3. The van der Waals surface area contributed by atoms with Gasteiger partial charge in [0.05, 0.1) is 19.5 Å². The van der Waals surface area contributed by atoms with Crippen LogP contribution in [0.4, 0.5) is 5.82 Å². The molecule has 0 aliphatic carbocycles. The van der Waals surface area contributed by atoms with Crippen molar-refractivity contribution < 1.29 is 80.5 Å². The summed E-state index contributed by atoms with van der Waals surface area (Å²) >= 11 is 2.58. The largest absolute Gasteiger partial charge is 0.481 e. The highest BCUT2D eigenvalue weighted by Gasteiger charge is 2.50. The molecule has 29 heteroatoms. The summed E-state index contributed by atoms with van der Waals surface area (Å²) in [6.45, 7) is 0.480. The normalized spacial score (nSPS) is 22.0. The Bertz CT molecular complexity index is 1830. The molecule has 0 aromatic carbocycles. The van der Waals surface area contributed by atoms with Crippen LogP contribution in [0.5, 0.6) is 0 Å². The fraction of sp³-hybridized carbons (Fsp3) is 0.615. The van der Waals surface area contributed by atoms with Crippen LogP contribution in [0.2, 0.25) is 0 Å². The molecule has 1 fully saturated rings. The third kappa shape index (κ3) is 14.8. The number of phosphoric acid groups is 3. The molecule has 0 radical (unpaired) electrons. The van der Waals surface area contributed by atoms with Crippen molar-refractivity contribution in [3.05, 3.63) is 24.8 Å². The van der Waals surface area contributed by atoms with Gasteiger partial charge in [-0.2, -0.15) is 16.1 Å². The van der Waals surface area contributed by atoms with Crippen molar-refractivity contribution in [3.63, 3.8) is 0 Å². The van der Waals surface area contributed by atoms with Crippen LogP contribution in [0.1, 0.15) is 26.5 Å². The van der Waals surface area contributed by atoms with Crippen LogP contribution in [0, 0.1) is 5.41 Å². The number of nitrogens with zero attached hydrogens (tertiary/aromatic N) is 4. The zero-order valence-corrected chi connectivity index (χ0v) is 33.7. The number of hydrogen-bond donors (Lipinski definition) is 9. The van der Waals surface area contributed by atoms with E-state index in [1.54, 1.807) is 17.8 Å². The van der Waals surface area contributed by atoms with Gasteiger partial charge in [-0.05, 0) is 12.3 Å². The molecule has 7 atom stereocenters. The number of imidazole rings is 1. The van der Waals surface area contributed by atoms with Crippen molar-refractivity contribution in [1.82, 2.24) is 30.2 Å². The average molecular weight is 882 g/mol. The van der Waals surface area contributed by atoms with Crippen molar-refractivity contribution in [3.8, 4) is 0 Å². The number of nitrogen functional groups attached to an aromatic ring is 1. The molecule has 1 saturated heterocycles. The molecule has 24 nitrogen and oxygen atoms in total. The van der Waals surface area contributed by atoms with E-state index in [9.17, 15) is 57.9 Å². The first-order valence-corrected chi connectivity index (χ1v) is 22.7. The number of amides is 2. The van der Waals surface area contributed by atoms with Crippen molar-refractivity contribution in [1.29, 1.82) is 0 Å². The fourth-order valence-electron chi connectivity index (χ4n) is 4.57. The molecule has 1 aliphatic rings. The van der Waals surface area contributed by atoms with E-state index in [4.69, 9.17) is 19.5 Å². The lowest BCUT2D eigenvalue weighted by molar-refractivity contribution is -0.137. The third-order valence-corrected chi connectivity index (χ3v) is 11.7. The minimum atomic E-state index is -5.57. The molecule has 1 aliphatic heterocycles. The Morgan fingerprint density at radius 1 is 1.09 bits per heavy atom. The number of phosphoric ester groups is 3. The highest BCUT2D eigenvalue weighted by atomic mass is 32.2. The first-order valence-electron chi connectivity index (χ1n) is 15.8. The Balaban J connectivity index is 1.49. The van der Waals surface area contributed by atoms with Gasteiger partial charge in [-0.25, -0.2) is 28.6 Å². The lowest BCUT2D eigenvalue weighted by Crippen LogP contribution is -2.46. The Kier molecular flexibility index (Phi) is 17.4. The highest BCUT2D eigenvalue weighted by molar-refractivity contribution is 8.14. The van der Waals surface area contributed by atoms with Crippen LogP contribution in [0.15, 0.2) is 24.8 Å². The van der Waals surface area contributed by atoms with Gasteiger partial charge in [0.1, 0.15) is 36.3 Å². The first-order chi connectivity index (χ1) is 25.6. The maximum atomic E-state index is 12.7. The topological polar surface area (TPSA) is 364 Å². The number of anilines is 1. The second-order valence-electron chi connectivity index (χ2n) is 12.1. The van der Waals surface area contributed by atoms with Gasteiger partial charge >= 0.3 is 23.5 Å². The number of aliphatic hydroxyl groups excluding tert-OH is 2. The molecule has 10 N–H and O–H groups in total. The average Bonchev–Trinajstić information content (AvgIpc) is 3.64. The van der Waals surface area contributed by atoms with E-state index >= 15 is 0 Å². The van der Waals surface area contributed by atoms with E-state index in [0.717, 1.165) is 29.0 Å². The van der Waals surface area contributed by atoms with Crippen molar-refractivity contribution in [2.24, 2.45) is 5.41 Å². The fourth-order valence-corrected chi connectivity index (χ4v) is 8.29. The zero-order chi connectivity index (χ0) is 41.2. The Hall–Kier alpha value is -2.35. The summed E-state index contributed by atoms with van der Waals surface area (Å²) < 4.78 is 62.0. The molecule has 2 amide bonds. The molecule has 3 heterocycles. The summed E-state index contributed by atoms with van der Waals surface area (Å²) in [7, 11) is -16.4. The minimum Gasteiger partial charge on any atom is -0.386 e. The molecule has 2 unspecified atom stereocenters. The molecule has 0 saturated carbocycles. The first kappa shape index (κ1) is 47.0. The number of rotatable bonds is 22. The summed E-state index contributed by atoms with van der Waals surface area (Å²) in [5, 5.41) is 26.2. The van der Waals surface area contributed by atoms with Crippen LogP contribution in [0.25, 0.3) is 11.2 Å². The van der Waals surface area contributed by atoms with E-state index in [0.29, 0.717) is 11.5 Å². The molecule has 3 rings (SSSR count).